The zero-order valence-corrected chi connectivity index (χ0v) is 12.9. The minimum atomic E-state index is -0.235. The van der Waals surface area contributed by atoms with Crippen LogP contribution in [0.25, 0.3) is 0 Å². The molecule has 112 valence electrons. The van der Waals surface area contributed by atoms with Gasteiger partial charge >= 0.3 is 0 Å². The first-order valence-electron chi connectivity index (χ1n) is 7.68. The highest BCUT2D eigenvalue weighted by molar-refractivity contribution is 5.25. The smallest absolute Gasteiger partial charge is 0.0906 e. The molecular weight excluding hydrogens is 251 g/mol. The Morgan fingerprint density at radius 2 is 2.05 bits per heavy atom. The molecule has 2 rings (SSSR count). The van der Waals surface area contributed by atoms with E-state index in [9.17, 15) is 4.39 Å². The molecule has 0 spiro atoms. The molecule has 0 aliphatic carbocycles. The first-order valence-corrected chi connectivity index (χ1v) is 7.68. The SMILES string of the molecule is CC(C)C1CN(CCCF)C(C)(c2ccccc2)CN1. The van der Waals surface area contributed by atoms with Gasteiger partial charge < -0.3 is 5.32 Å². The van der Waals surface area contributed by atoms with E-state index in [1.807, 2.05) is 6.07 Å². The monoisotopic (exact) mass is 278 g/mol. The molecule has 0 amide bonds. The lowest BCUT2D eigenvalue weighted by Gasteiger charge is -2.49. The Balaban J connectivity index is 2.21. The second-order valence-electron chi connectivity index (χ2n) is 6.36. The number of hydrogen-bond acceptors (Lipinski definition) is 2. The summed E-state index contributed by atoms with van der Waals surface area (Å²) in [6.45, 7) is 9.26. The van der Waals surface area contributed by atoms with Crippen LogP contribution in [0.15, 0.2) is 30.3 Å². The van der Waals surface area contributed by atoms with Crippen LogP contribution in [0.2, 0.25) is 0 Å². The van der Waals surface area contributed by atoms with Gasteiger partial charge in [0, 0.05) is 25.7 Å². The summed E-state index contributed by atoms with van der Waals surface area (Å²) < 4.78 is 12.6. The van der Waals surface area contributed by atoms with Gasteiger partial charge in [0.05, 0.1) is 12.2 Å². The Labute approximate surface area is 122 Å². The molecule has 3 heteroatoms. The van der Waals surface area contributed by atoms with Gasteiger partial charge in [-0.2, -0.15) is 0 Å². The summed E-state index contributed by atoms with van der Waals surface area (Å²) in [6, 6.07) is 11.1. The zero-order valence-electron chi connectivity index (χ0n) is 12.9. The van der Waals surface area contributed by atoms with Crippen molar-refractivity contribution in [2.45, 2.75) is 38.8 Å². The van der Waals surface area contributed by atoms with Gasteiger partial charge in [0.25, 0.3) is 0 Å². The summed E-state index contributed by atoms with van der Waals surface area (Å²) in [7, 11) is 0. The topological polar surface area (TPSA) is 15.3 Å². The van der Waals surface area contributed by atoms with Crippen molar-refractivity contribution in [1.29, 1.82) is 0 Å². The normalized spacial score (nSPS) is 27.9. The maximum absolute atomic E-state index is 12.6. The Morgan fingerprint density at radius 1 is 1.35 bits per heavy atom. The molecule has 0 radical (unpaired) electrons. The van der Waals surface area contributed by atoms with Gasteiger partial charge in [0.2, 0.25) is 0 Å². The molecule has 1 saturated heterocycles. The molecule has 20 heavy (non-hydrogen) atoms. The number of halogens is 1. The summed E-state index contributed by atoms with van der Waals surface area (Å²) in [5.74, 6) is 0.600. The highest BCUT2D eigenvalue weighted by Gasteiger charge is 2.39. The summed E-state index contributed by atoms with van der Waals surface area (Å²) in [5.41, 5.74) is 1.27. The molecule has 0 aromatic heterocycles. The number of benzene rings is 1. The maximum atomic E-state index is 12.6. The van der Waals surface area contributed by atoms with Crippen LogP contribution in [-0.2, 0) is 5.54 Å². The van der Waals surface area contributed by atoms with E-state index in [1.165, 1.54) is 5.56 Å². The molecule has 1 N–H and O–H groups in total. The van der Waals surface area contributed by atoms with Gasteiger partial charge in [-0.3, -0.25) is 9.29 Å². The first-order chi connectivity index (χ1) is 9.58. The zero-order chi connectivity index (χ0) is 14.6. The molecule has 1 aliphatic heterocycles. The fraction of sp³-hybridized carbons (Fsp3) is 0.647. The second kappa shape index (κ2) is 6.68. The maximum Gasteiger partial charge on any atom is 0.0906 e. The highest BCUT2D eigenvalue weighted by Crippen LogP contribution is 2.31. The van der Waals surface area contributed by atoms with Crippen LogP contribution in [0.1, 0.15) is 32.8 Å². The van der Waals surface area contributed by atoms with Crippen LogP contribution < -0.4 is 5.32 Å². The van der Waals surface area contributed by atoms with Crippen molar-refractivity contribution in [2.75, 3.05) is 26.3 Å². The third kappa shape index (κ3) is 3.21. The van der Waals surface area contributed by atoms with E-state index >= 15 is 0 Å². The molecule has 1 heterocycles. The summed E-state index contributed by atoms with van der Waals surface area (Å²) in [6.07, 6.45) is 0.618. The van der Waals surface area contributed by atoms with Crippen LogP contribution >= 0.6 is 0 Å². The van der Waals surface area contributed by atoms with Gasteiger partial charge in [-0.15, -0.1) is 0 Å². The number of nitrogens with zero attached hydrogens (tertiary/aromatic N) is 1. The van der Waals surface area contributed by atoms with E-state index < -0.39 is 0 Å². The third-order valence-electron chi connectivity index (χ3n) is 4.59. The van der Waals surface area contributed by atoms with E-state index in [0.717, 1.165) is 19.6 Å². The van der Waals surface area contributed by atoms with Crippen LogP contribution in [-0.4, -0.2) is 37.3 Å². The molecule has 0 saturated carbocycles. The van der Waals surface area contributed by atoms with Crippen molar-refractivity contribution in [2.24, 2.45) is 5.92 Å². The average Bonchev–Trinajstić information content (AvgIpc) is 2.47. The number of hydrogen-bond donors (Lipinski definition) is 1. The first kappa shape index (κ1) is 15.5. The number of alkyl halides is 1. The minimum absolute atomic E-state index is 0.0399. The Bertz CT molecular complexity index is 407. The van der Waals surface area contributed by atoms with E-state index in [0.29, 0.717) is 18.4 Å². The number of rotatable bonds is 5. The Hall–Kier alpha value is -0.930. The Morgan fingerprint density at radius 3 is 2.65 bits per heavy atom. The van der Waals surface area contributed by atoms with Crippen LogP contribution in [0.4, 0.5) is 4.39 Å². The predicted molar refractivity (Wildman–Crippen MR) is 82.6 cm³/mol. The lowest BCUT2D eigenvalue weighted by Crippen LogP contribution is -2.62. The second-order valence-corrected chi connectivity index (χ2v) is 6.36. The standard InChI is InChI=1S/C17H27FN2/c1-14(2)16-12-20(11-7-10-18)17(3,13-19-16)15-8-5-4-6-9-15/h4-6,8-9,14,16,19H,7,10-13H2,1-3H3. The summed E-state index contributed by atoms with van der Waals surface area (Å²) in [4.78, 5) is 2.46. The fourth-order valence-electron chi connectivity index (χ4n) is 3.06. The van der Waals surface area contributed by atoms with Gasteiger partial charge in [-0.25, -0.2) is 0 Å². The summed E-state index contributed by atoms with van der Waals surface area (Å²) >= 11 is 0. The van der Waals surface area contributed by atoms with E-state index in [-0.39, 0.29) is 12.2 Å². The lowest BCUT2D eigenvalue weighted by atomic mass is 9.85. The van der Waals surface area contributed by atoms with Gasteiger partial charge in [0.15, 0.2) is 0 Å². The molecule has 0 bridgehead atoms. The molecule has 2 atom stereocenters. The molecule has 1 aromatic rings. The van der Waals surface area contributed by atoms with Crippen LogP contribution in [0.5, 0.6) is 0 Å². The number of piperazine rings is 1. The van der Waals surface area contributed by atoms with E-state index in [2.05, 4.69) is 55.3 Å². The Kier molecular flexibility index (Phi) is 5.17. The largest absolute Gasteiger partial charge is 0.310 e. The van der Waals surface area contributed by atoms with Crippen molar-refractivity contribution < 1.29 is 4.39 Å². The van der Waals surface area contributed by atoms with Gasteiger partial charge in [0.1, 0.15) is 0 Å². The van der Waals surface area contributed by atoms with Crippen molar-refractivity contribution in [1.82, 2.24) is 10.2 Å². The fourth-order valence-corrected chi connectivity index (χ4v) is 3.06. The molecule has 1 aromatic carbocycles. The quantitative estimate of drug-likeness (QED) is 0.890. The summed E-state index contributed by atoms with van der Waals surface area (Å²) in [5, 5.41) is 3.68. The third-order valence-corrected chi connectivity index (χ3v) is 4.59. The van der Waals surface area contributed by atoms with E-state index in [4.69, 9.17) is 0 Å². The lowest BCUT2D eigenvalue weighted by molar-refractivity contribution is 0.0366. The molecule has 1 fully saturated rings. The van der Waals surface area contributed by atoms with Crippen LogP contribution in [0, 0.1) is 5.92 Å². The van der Waals surface area contributed by atoms with Crippen molar-refractivity contribution in [3.05, 3.63) is 35.9 Å². The van der Waals surface area contributed by atoms with E-state index in [1.54, 1.807) is 0 Å². The van der Waals surface area contributed by atoms with Crippen molar-refractivity contribution >= 4 is 0 Å². The number of nitrogens with one attached hydrogen (secondary N) is 1. The molecule has 1 aliphatic rings. The highest BCUT2D eigenvalue weighted by atomic mass is 19.1. The van der Waals surface area contributed by atoms with Crippen molar-refractivity contribution in [3.63, 3.8) is 0 Å². The van der Waals surface area contributed by atoms with Crippen LogP contribution in [0.3, 0.4) is 0 Å². The van der Waals surface area contributed by atoms with Gasteiger partial charge in [-0.05, 0) is 24.8 Å². The van der Waals surface area contributed by atoms with Gasteiger partial charge in [-0.1, -0.05) is 44.2 Å². The predicted octanol–water partition coefficient (Wildman–Crippen LogP) is 3.19. The van der Waals surface area contributed by atoms with Crippen molar-refractivity contribution in [3.8, 4) is 0 Å². The molecule has 2 nitrogen and oxygen atoms in total. The average molecular weight is 278 g/mol. The molecule has 2 unspecified atom stereocenters. The molecular formula is C17H27FN2. The minimum Gasteiger partial charge on any atom is -0.310 e.